The monoisotopic (exact) mass is 832 g/mol. The molecule has 2 atom stereocenters. The summed E-state index contributed by atoms with van der Waals surface area (Å²) in [6.07, 6.45) is 57.2. The predicted molar refractivity (Wildman–Crippen MR) is 255 cm³/mol. The third-order valence-electron chi connectivity index (χ3n) is 12.0. The van der Waals surface area contributed by atoms with Crippen molar-refractivity contribution in [2.24, 2.45) is 0 Å². The lowest BCUT2D eigenvalue weighted by molar-refractivity contribution is -0.143. The van der Waals surface area contributed by atoms with Gasteiger partial charge in [0.05, 0.1) is 25.4 Å². The van der Waals surface area contributed by atoms with Crippen molar-refractivity contribution in [3.8, 4) is 0 Å². The average molecular weight is 832 g/mol. The molecule has 0 aromatic rings. The van der Waals surface area contributed by atoms with Gasteiger partial charge >= 0.3 is 5.97 Å². The zero-order chi connectivity index (χ0) is 43.0. The minimum absolute atomic E-state index is 0.0150. The molecule has 0 aromatic carbocycles. The molecule has 6 nitrogen and oxygen atoms in total. The number of hydrogen-bond donors (Lipinski definition) is 3. The Morgan fingerprint density at radius 1 is 0.475 bits per heavy atom. The van der Waals surface area contributed by atoms with Gasteiger partial charge in [0.2, 0.25) is 5.91 Å². The normalized spacial score (nSPS) is 12.8. The molecule has 59 heavy (non-hydrogen) atoms. The zero-order valence-electron chi connectivity index (χ0n) is 39.5. The van der Waals surface area contributed by atoms with Gasteiger partial charge in [-0.1, -0.05) is 224 Å². The maximum absolute atomic E-state index is 12.4. The number of nitrogens with one attached hydrogen (secondary N) is 1. The molecule has 0 heterocycles. The van der Waals surface area contributed by atoms with Gasteiger partial charge in [0.15, 0.2) is 0 Å². The molecule has 0 aromatic heterocycles. The van der Waals surface area contributed by atoms with E-state index in [1.807, 2.05) is 0 Å². The van der Waals surface area contributed by atoms with Crippen molar-refractivity contribution in [1.82, 2.24) is 5.32 Å². The summed E-state index contributed by atoms with van der Waals surface area (Å²) in [4.78, 5) is 24.4. The van der Waals surface area contributed by atoms with E-state index in [-0.39, 0.29) is 18.5 Å². The molecule has 0 spiro atoms. The number of carbonyl (C=O) groups excluding carboxylic acids is 2. The molecule has 0 aliphatic rings. The quantitative estimate of drug-likeness (QED) is 0.0322. The van der Waals surface area contributed by atoms with Crippen molar-refractivity contribution < 1.29 is 24.5 Å². The van der Waals surface area contributed by atoms with Gasteiger partial charge in [-0.15, -0.1) is 0 Å². The first-order valence-corrected chi connectivity index (χ1v) is 26.1. The summed E-state index contributed by atoms with van der Waals surface area (Å²) in [6, 6.07) is -0.552. The highest BCUT2D eigenvalue weighted by atomic mass is 16.5. The van der Waals surface area contributed by atoms with Crippen LogP contribution in [0.15, 0.2) is 24.3 Å². The van der Waals surface area contributed by atoms with Crippen LogP contribution in [0.4, 0.5) is 0 Å². The number of esters is 1. The summed E-state index contributed by atoms with van der Waals surface area (Å²) < 4.78 is 5.43. The fourth-order valence-electron chi connectivity index (χ4n) is 7.96. The van der Waals surface area contributed by atoms with E-state index in [9.17, 15) is 19.8 Å². The number of ether oxygens (including phenoxy) is 1. The summed E-state index contributed by atoms with van der Waals surface area (Å²) in [5.74, 6) is -0.0662. The van der Waals surface area contributed by atoms with Gasteiger partial charge in [-0.05, 0) is 64.2 Å². The molecule has 6 heteroatoms. The Labute approximate surface area is 367 Å². The van der Waals surface area contributed by atoms with Crippen LogP contribution in [0.3, 0.4) is 0 Å². The maximum atomic E-state index is 12.4. The second-order valence-electron chi connectivity index (χ2n) is 17.9. The molecule has 0 aliphatic heterocycles. The van der Waals surface area contributed by atoms with E-state index < -0.39 is 12.1 Å². The molecular weight excluding hydrogens is 731 g/mol. The van der Waals surface area contributed by atoms with Gasteiger partial charge in [-0.3, -0.25) is 9.59 Å². The van der Waals surface area contributed by atoms with E-state index in [1.54, 1.807) is 0 Å². The van der Waals surface area contributed by atoms with Gasteiger partial charge in [-0.25, -0.2) is 0 Å². The van der Waals surface area contributed by atoms with Gasteiger partial charge in [0.25, 0.3) is 0 Å². The van der Waals surface area contributed by atoms with Crippen LogP contribution < -0.4 is 5.32 Å². The molecule has 348 valence electrons. The standard InChI is InChI=1S/C53H101NO5/c1-3-5-7-9-11-13-15-22-25-29-33-37-41-45-51(56)50(49-55)54-52(57)46-42-38-34-30-26-23-20-18-17-19-21-24-28-32-36-40-44-48-59-53(58)47-43-39-35-31-27-16-14-12-10-8-6-4-2/h17,19,24,28,50-51,55-56H,3-16,18,20-23,25-27,29-49H2,1-2H3,(H,54,57)/b19-17-,28-24-. The third-order valence-corrected chi connectivity index (χ3v) is 12.0. The van der Waals surface area contributed by atoms with E-state index in [4.69, 9.17) is 4.74 Å². The summed E-state index contributed by atoms with van der Waals surface area (Å²) >= 11 is 0. The smallest absolute Gasteiger partial charge is 0.305 e. The van der Waals surface area contributed by atoms with Crippen LogP contribution in [-0.2, 0) is 14.3 Å². The first kappa shape index (κ1) is 57.3. The minimum Gasteiger partial charge on any atom is -0.466 e. The van der Waals surface area contributed by atoms with Crippen molar-refractivity contribution in [2.45, 2.75) is 289 Å². The Morgan fingerprint density at radius 3 is 1.29 bits per heavy atom. The number of carbonyl (C=O) groups is 2. The van der Waals surface area contributed by atoms with Crippen molar-refractivity contribution >= 4 is 11.9 Å². The van der Waals surface area contributed by atoms with Crippen molar-refractivity contribution in [3.63, 3.8) is 0 Å². The Bertz CT molecular complexity index is 920. The molecule has 0 fully saturated rings. The highest BCUT2D eigenvalue weighted by molar-refractivity contribution is 5.76. The number of rotatable bonds is 48. The number of allylic oxidation sites excluding steroid dienone is 4. The molecule has 2 unspecified atom stereocenters. The summed E-state index contributed by atoms with van der Waals surface area (Å²) in [5.41, 5.74) is 0. The molecular formula is C53H101NO5. The lowest BCUT2D eigenvalue weighted by Crippen LogP contribution is -2.45. The largest absolute Gasteiger partial charge is 0.466 e. The van der Waals surface area contributed by atoms with E-state index in [2.05, 4.69) is 43.5 Å². The lowest BCUT2D eigenvalue weighted by atomic mass is 10.0. The molecule has 0 saturated carbocycles. The number of aliphatic hydroxyl groups is 2. The predicted octanol–water partition coefficient (Wildman–Crippen LogP) is 15.5. The summed E-state index contributed by atoms with van der Waals surface area (Å²) in [5, 5.41) is 23.2. The second kappa shape index (κ2) is 49.0. The number of aliphatic hydroxyl groups excluding tert-OH is 2. The van der Waals surface area contributed by atoms with Crippen molar-refractivity contribution in [2.75, 3.05) is 13.2 Å². The van der Waals surface area contributed by atoms with Crippen LogP contribution in [0.2, 0.25) is 0 Å². The van der Waals surface area contributed by atoms with E-state index >= 15 is 0 Å². The zero-order valence-corrected chi connectivity index (χ0v) is 39.5. The second-order valence-corrected chi connectivity index (χ2v) is 17.9. The highest BCUT2D eigenvalue weighted by Gasteiger charge is 2.20. The number of unbranched alkanes of at least 4 members (excludes halogenated alkanes) is 33. The van der Waals surface area contributed by atoms with Crippen molar-refractivity contribution in [1.29, 1.82) is 0 Å². The molecule has 0 rings (SSSR count). The van der Waals surface area contributed by atoms with Gasteiger partial charge in [0.1, 0.15) is 0 Å². The lowest BCUT2D eigenvalue weighted by Gasteiger charge is -2.22. The first-order valence-electron chi connectivity index (χ1n) is 26.1. The van der Waals surface area contributed by atoms with Crippen molar-refractivity contribution in [3.05, 3.63) is 24.3 Å². The molecule has 3 N–H and O–H groups in total. The summed E-state index contributed by atoms with van der Waals surface area (Å²) in [7, 11) is 0. The molecule has 0 saturated heterocycles. The van der Waals surface area contributed by atoms with Crippen LogP contribution in [-0.4, -0.2) is 47.4 Å². The van der Waals surface area contributed by atoms with Crippen LogP contribution in [0.5, 0.6) is 0 Å². The topological polar surface area (TPSA) is 95.9 Å². The number of amides is 1. The molecule has 0 aliphatic carbocycles. The highest BCUT2D eigenvalue weighted by Crippen LogP contribution is 2.16. The van der Waals surface area contributed by atoms with Gasteiger partial charge < -0.3 is 20.3 Å². The third kappa shape index (κ3) is 45.7. The summed E-state index contributed by atoms with van der Waals surface area (Å²) in [6.45, 7) is 4.90. The van der Waals surface area contributed by atoms with E-state index in [0.717, 1.165) is 83.5 Å². The fourth-order valence-corrected chi connectivity index (χ4v) is 7.96. The first-order chi connectivity index (χ1) is 29.0. The minimum atomic E-state index is -0.673. The van der Waals surface area contributed by atoms with E-state index in [1.165, 1.54) is 161 Å². The Hall–Kier alpha value is -1.66. The van der Waals surface area contributed by atoms with Crippen LogP contribution >= 0.6 is 0 Å². The van der Waals surface area contributed by atoms with Gasteiger partial charge in [-0.2, -0.15) is 0 Å². The van der Waals surface area contributed by atoms with Crippen LogP contribution in [0.25, 0.3) is 0 Å². The fraction of sp³-hybridized carbons (Fsp3) is 0.887. The molecule has 0 radical (unpaired) electrons. The average Bonchev–Trinajstić information content (AvgIpc) is 3.24. The Morgan fingerprint density at radius 2 is 0.847 bits per heavy atom. The maximum Gasteiger partial charge on any atom is 0.305 e. The van der Waals surface area contributed by atoms with Crippen LogP contribution in [0, 0.1) is 0 Å². The Kier molecular flexibility index (Phi) is 47.6. The van der Waals surface area contributed by atoms with E-state index in [0.29, 0.717) is 25.9 Å². The SMILES string of the molecule is CCCCCCCCCCCCCCCC(O)C(CO)NC(=O)CCCCCCCCC/C=C\C/C=C\CCCCCOC(=O)CCCCCCCCCCCCCC. The molecule has 0 bridgehead atoms. The number of hydrogen-bond acceptors (Lipinski definition) is 5. The van der Waals surface area contributed by atoms with Crippen LogP contribution in [0.1, 0.15) is 277 Å². The molecule has 1 amide bonds. The van der Waals surface area contributed by atoms with Gasteiger partial charge in [0, 0.05) is 12.8 Å². The Balaban J connectivity index is 3.50.